The van der Waals surface area contributed by atoms with E-state index in [1.54, 1.807) is 0 Å². The lowest BCUT2D eigenvalue weighted by molar-refractivity contribution is 0.590. The van der Waals surface area contributed by atoms with Crippen LogP contribution >= 0.6 is 0 Å². The van der Waals surface area contributed by atoms with Crippen molar-refractivity contribution in [2.75, 3.05) is 0 Å². The van der Waals surface area contributed by atoms with Crippen LogP contribution in [-0.2, 0) is 5.41 Å². The van der Waals surface area contributed by atoms with E-state index in [1.807, 2.05) is 24.8 Å². The summed E-state index contributed by atoms with van der Waals surface area (Å²) in [7, 11) is 0. The van der Waals surface area contributed by atoms with Gasteiger partial charge in [0, 0.05) is 29.1 Å². The van der Waals surface area contributed by atoms with Crippen LogP contribution in [0.5, 0.6) is 0 Å². The average Bonchev–Trinajstić information content (AvgIpc) is 3.99. The van der Waals surface area contributed by atoms with Crippen LogP contribution < -0.4 is 0 Å². The molecule has 4 heterocycles. The van der Waals surface area contributed by atoms with Gasteiger partial charge >= 0.3 is 0 Å². The van der Waals surface area contributed by atoms with Crippen LogP contribution in [0.15, 0.2) is 177 Å². The van der Waals surface area contributed by atoms with Gasteiger partial charge in [0.05, 0.1) is 34.3 Å². The summed E-state index contributed by atoms with van der Waals surface area (Å²) in [5.41, 5.74) is 18.4. The highest BCUT2D eigenvalue weighted by molar-refractivity contribution is 5.97. The molecule has 0 radical (unpaired) electrons. The fourth-order valence-electron chi connectivity index (χ4n) is 8.47. The highest BCUT2D eigenvalue weighted by Gasteiger charge is 2.25. The van der Waals surface area contributed by atoms with E-state index in [9.17, 15) is 0 Å². The number of pyridine rings is 1. The number of benzene rings is 6. The van der Waals surface area contributed by atoms with E-state index in [-0.39, 0.29) is 5.41 Å². The first-order chi connectivity index (χ1) is 28.7. The summed E-state index contributed by atoms with van der Waals surface area (Å²) in [4.78, 5) is 15.2. The van der Waals surface area contributed by atoms with Gasteiger partial charge in [0.25, 0.3) is 0 Å². The zero-order valence-electron chi connectivity index (χ0n) is 33.9. The summed E-state index contributed by atoms with van der Waals surface area (Å²) in [5, 5.41) is 0. The van der Waals surface area contributed by atoms with Crippen LogP contribution in [0, 0.1) is 13.8 Å². The molecule has 6 nitrogen and oxygen atoms in total. The summed E-state index contributed by atoms with van der Waals surface area (Å²) >= 11 is 0. The molecule has 6 aromatic carbocycles. The SMILES string of the molecule is Cc1cccc(C)c1-n1cc(-c2nc3c(-c4cccc(-c5cc(-c6ccccc6)ccn5)c4)cccc3n2-c2ccc(C(C)(C)C)cc2-c2ccccc2)n2cncc12. The van der Waals surface area contributed by atoms with Gasteiger partial charge < -0.3 is 0 Å². The molecule has 10 rings (SSSR count). The number of para-hydroxylation sites is 2. The quantitative estimate of drug-likeness (QED) is 0.162. The van der Waals surface area contributed by atoms with Gasteiger partial charge in [-0.15, -0.1) is 0 Å². The van der Waals surface area contributed by atoms with E-state index >= 15 is 0 Å². The Labute approximate surface area is 344 Å². The third-order valence-corrected chi connectivity index (χ3v) is 11.5. The predicted octanol–water partition coefficient (Wildman–Crippen LogP) is 13.1. The molecule has 286 valence electrons. The second-order valence-corrected chi connectivity index (χ2v) is 16.4. The Hall–Kier alpha value is -7.31. The Kier molecular flexibility index (Phi) is 8.71. The predicted molar refractivity (Wildman–Crippen MR) is 242 cm³/mol. The molecule has 0 saturated carbocycles. The molecule has 4 aromatic heterocycles. The molecular formula is C53H44N6. The Morgan fingerprint density at radius 3 is 2.03 bits per heavy atom. The maximum absolute atomic E-state index is 5.66. The molecule has 10 aromatic rings. The fourth-order valence-corrected chi connectivity index (χ4v) is 8.47. The molecule has 6 heteroatoms. The Morgan fingerprint density at radius 1 is 0.576 bits per heavy atom. The van der Waals surface area contributed by atoms with Gasteiger partial charge in [0.15, 0.2) is 5.82 Å². The van der Waals surface area contributed by atoms with Crippen LogP contribution in [-0.4, -0.2) is 28.5 Å². The molecule has 0 aliphatic rings. The summed E-state index contributed by atoms with van der Waals surface area (Å²) in [5.74, 6) is 0.828. The van der Waals surface area contributed by atoms with E-state index in [2.05, 4.69) is 205 Å². The smallest absolute Gasteiger partial charge is 0.164 e. The molecule has 0 fully saturated rings. The van der Waals surface area contributed by atoms with Crippen LogP contribution in [0.25, 0.3) is 84.2 Å². The number of imidazole rings is 3. The van der Waals surface area contributed by atoms with Crippen molar-refractivity contribution in [2.45, 2.75) is 40.0 Å². The third kappa shape index (κ3) is 6.34. The zero-order chi connectivity index (χ0) is 40.3. The maximum atomic E-state index is 5.66. The number of rotatable bonds is 7. The van der Waals surface area contributed by atoms with Crippen molar-refractivity contribution < 1.29 is 0 Å². The van der Waals surface area contributed by atoms with Gasteiger partial charge in [-0.2, -0.15) is 0 Å². The summed E-state index contributed by atoms with van der Waals surface area (Å²) in [6, 6.07) is 54.0. The first-order valence-corrected chi connectivity index (χ1v) is 20.2. The molecule has 0 unspecified atom stereocenters. The normalized spacial score (nSPS) is 11.8. The van der Waals surface area contributed by atoms with Crippen LogP contribution in [0.4, 0.5) is 0 Å². The van der Waals surface area contributed by atoms with Crippen molar-refractivity contribution in [2.24, 2.45) is 0 Å². The van der Waals surface area contributed by atoms with E-state index in [1.165, 1.54) is 22.3 Å². The lowest BCUT2D eigenvalue weighted by Gasteiger charge is -2.23. The summed E-state index contributed by atoms with van der Waals surface area (Å²) < 4.78 is 6.78. The largest absolute Gasteiger partial charge is 0.299 e. The molecule has 0 saturated heterocycles. The van der Waals surface area contributed by atoms with Crippen molar-refractivity contribution >= 4 is 16.7 Å². The van der Waals surface area contributed by atoms with E-state index in [0.29, 0.717) is 0 Å². The van der Waals surface area contributed by atoms with Crippen molar-refractivity contribution in [3.05, 3.63) is 193 Å². The lowest BCUT2D eigenvalue weighted by atomic mass is 9.85. The molecule has 0 amide bonds. The van der Waals surface area contributed by atoms with Crippen LogP contribution in [0.1, 0.15) is 37.5 Å². The second-order valence-electron chi connectivity index (χ2n) is 16.4. The number of fused-ring (bicyclic) bond motifs is 2. The minimum atomic E-state index is -0.0405. The van der Waals surface area contributed by atoms with E-state index < -0.39 is 0 Å². The molecule has 59 heavy (non-hydrogen) atoms. The molecule has 0 aliphatic carbocycles. The van der Waals surface area contributed by atoms with Crippen LogP contribution in [0.2, 0.25) is 0 Å². The highest BCUT2D eigenvalue weighted by Crippen LogP contribution is 2.41. The highest BCUT2D eigenvalue weighted by atomic mass is 15.2. The first kappa shape index (κ1) is 36.1. The summed E-state index contributed by atoms with van der Waals surface area (Å²) in [6.07, 6.45) is 7.96. The maximum Gasteiger partial charge on any atom is 0.164 e. The molecule has 0 aliphatic heterocycles. The Bertz CT molecular complexity index is 3140. The summed E-state index contributed by atoms with van der Waals surface area (Å²) in [6.45, 7) is 11.2. The Morgan fingerprint density at radius 2 is 1.27 bits per heavy atom. The second kappa shape index (κ2) is 14.3. The lowest BCUT2D eigenvalue weighted by Crippen LogP contribution is -2.12. The minimum Gasteiger partial charge on any atom is -0.299 e. The molecule has 0 N–H and O–H groups in total. The third-order valence-electron chi connectivity index (χ3n) is 11.5. The minimum absolute atomic E-state index is 0.0405. The first-order valence-electron chi connectivity index (χ1n) is 20.2. The Balaban J connectivity index is 1.23. The number of hydrogen-bond acceptors (Lipinski definition) is 3. The van der Waals surface area contributed by atoms with Gasteiger partial charge in [0.1, 0.15) is 17.7 Å². The number of nitrogens with zero attached hydrogens (tertiary/aromatic N) is 6. The van der Waals surface area contributed by atoms with E-state index in [0.717, 1.165) is 78.6 Å². The number of hydrogen-bond donors (Lipinski definition) is 0. The van der Waals surface area contributed by atoms with Gasteiger partial charge in [-0.25, -0.2) is 9.97 Å². The van der Waals surface area contributed by atoms with Crippen molar-refractivity contribution in [1.82, 2.24) is 28.5 Å². The fraction of sp³-hybridized carbons (Fsp3) is 0.113. The number of aryl methyl sites for hydroxylation is 2. The molecular weight excluding hydrogens is 721 g/mol. The van der Waals surface area contributed by atoms with Gasteiger partial charge in [-0.3, -0.25) is 18.5 Å². The molecule has 0 atom stereocenters. The van der Waals surface area contributed by atoms with Gasteiger partial charge in [-0.1, -0.05) is 136 Å². The zero-order valence-corrected chi connectivity index (χ0v) is 33.9. The molecule has 0 spiro atoms. The van der Waals surface area contributed by atoms with Crippen molar-refractivity contribution in [3.8, 4) is 67.5 Å². The van der Waals surface area contributed by atoms with Crippen molar-refractivity contribution in [3.63, 3.8) is 0 Å². The average molecular weight is 765 g/mol. The standard InChI is InChI=1S/C53H44N6/c1-35-15-12-16-36(2)51(35)57-33-48(58-34-54-32-49(57)58)52-56-50-43(40-21-13-22-41(29-40)45-30-39(27-28-55-45)37-17-8-6-9-18-37)23-14-24-47(50)59(52)46-26-25-42(53(3,4)5)31-44(46)38-19-10-7-11-20-38/h6-34H,1-5H3. The monoisotopic (exact) mass is 764 g/mol. The molecule has 0 bridgehead atoms. The van der Waals surface area contributed by atoms with Crippen molar-refractivity contribution in [1.29, 1.82) is 0 Å². The number of aromatic nitrogens is 6. The topological polar surface area (TPSA) is 52.9 Å². The van der Waals surface area contributed by atoms with E-state index in [4.69, 9.17) is 9.97 Å². The van der Waals surface area contributed by atoms with Gasteiger partial charge in [0.2, 0.25) is 0 Å². The van der Waals surface area contributed by atoms with Crippen LogP contribution in [0.3, 0.4) is 0 Å². The van der Waals surface area contributed by atoms with Gasteiger partial charge in [-0.05, 0) is 94.6 Å².